The van der Waals surface area contributed by atoms with Gasteiger partial charge < -0.3 is 5.32 Å². The molecule has 24 heavy (non-hydrogen) atoms. The van der Waals surface area contributed by atoms with E-state index in [9.17, 15) is 4.79 Å². The van der Waals surface area contributed by atoms with Gasteiger partial charge in [-0.05, 0) is 28.0 Å². The molecule has 1 amide bonds. The number of hydrogen-bond acceptors (Lipinski definition) is 3. The predicted molar refractivity (Wildman–Crippen MR) is 96.4 cm³/mol. The molecule has 0 unspecified atom stereocenters. The second-order valence-corrected chi connectivity index (χ2v) is 8.06. The molecule has 0 spiro atoms. The van der Waals surface area contributed by atoms with Gasteiger partial charge in [0.25, 0.3) is 5.91 Å². The van der Waals surface area contributed by atoms with E-state index in [2.05, 4.69) is 60.6 Å². The summed E-state index contributed by atoms with van der Waals surface area (Å²) in [5.41, 5.74) is 4.86. The van der Waals surface area contributed by atoms with Crippen LogP contribution < -0.4 is 5.32 Å². The third kappa shape index (κ3) is 2.36. The maximum absolute atomic E-state index is 12.3. The molecule has 3 heterocycles. The van der Waals surface area contributed by atoms with E-state index < -0.39 is 0 Å². The number of nitrogens with one attached hydrogen (secondary N) is 2. The quantitative estimate of drug-likeness (QED) is 0.734. The Bertz CT molecular complexity index is 886. The molecule has 1 aromatic carbocycles. The van der Waals surface area contributed by atoms with Gasteiger partial charge >= 0.3 is 0 Å². The van der Waals surface area contributed by atoms with Crippen LogP contribution in [0.25, 0.3) is 10.6 Å². The SMILES string of the molecule is CC(C)(C)c1ccc([C@H]2NC(=O)c3n[nH]c(-c4cccs4)c32)cc1. The lowest BCUT2D eigenvalue weighted by Crippen LogP contribution is -2.21. The molecule has 3 aromatic rings. The van der Waals surface area contributed by atoms with Crippen molar-refractivity contribution in [2.24, 2.45) is 0 Å². The third-order valence-corrected chi connectivity index (χ3v) is 5.35. The van der Waals surface area contributed by atoms with Gasteiger partial charge in [0.1, 0.15) is 0 Å². The number of aromatic nitrogens is 2. The zero-order valence-corrected chi connectivity index (χ0v) is 14.7. The van der Waals surface area contributed by atoms with Gasteiger partial charge in [0.2, 0.25) is 0 Å². The fourth-order valence-electron chi connectivity index (χ4n) is 3.11. The summed E-state index contributed by atoms with van der Waals surface area (Å²) in [6.07, 6.45) is 0. The lowest BCUT2D eigenvalue weighted by atomic mass is 9.86. The van der Waals surface area contributed by atoms with Gasteiger partial charge in [-0.1, -0.05) is 51.1 Å². The maximum atomic E-state index is 12.3. The molecule has 0 saturated heterocycles. The molecule has 1 atom stereocenters. The Morgan fingerprint density at radius 2 is 1.88 bits per heavy atom. The Balaban J connectivity index is 1.77. The number of H-pyrrole nitrogens is 1. The van der Waals surface area contributed by atoms with E-state index in [1.165, 1.54) is 5.56 Å². The van der Waals surface area contributed by atoms with Crippen molar-refractivity contribution in [2.45, 2.75) is 32.2 Å². The average Bonchev–Trinajstić information content (AvgIpc) is 3.24. The average molecular weight is 337 g/mol. The fourth-order valence-corrected chi connectivity index (χ4v) is 3.84. The first-order valence-electron chi connectivity index (χ1n) is 7.98. The smallest absolute Gasteiger partial charge is 0.272 e. The Kier molecular flexibility index (Phi) is 3.35. The Hall–Kier alpha value is -2.40. The summed E-state index contributed by atoms with van der Waals surface area (Å²) in [7, 11) is 0. The van der Waals surface area contributed by atoms with Crippen molar-refractivity contribution in [3.63, 3.8) is 0 Å². The summed E-state index contributed by atoms with van der Waals surface area (Å²) in [6, 6.07) is 12.4. The standard InChI is InChI=1S/C19H19N3OS/c1-19(2,3)12-8-6-11(7-9-12)15-14-16(13-5-4-10-24-13)21-22-17(14)18(23)20-15/h4-10,15H,1-3H3,(H,20,23)(H,21,22)/t15-/m1/s1. The van der Waals surface area contributed by atoms with E-state index in [-0.39, 0.29) is 17.4 Å². The molecule has 0 radical (unpaired) electrons. The van der Waals surface area contributed by atoms with Crippen LogP contribution >= 0.6 is 11.3 Å². The largest absolute Gasteiger partial charge is 0.340 e. The molecule has 2 aromatic heterocycles. The van der Waals surface area contributed by atoms with Crippen molar-refractivity contribution in [1.82, 2.24) is 15.5 Å². The number of aromatic amines is 1. The first-order chi connectivity index (χ1) is 11.4. The predicted octanol–water partition coefficient (Wildman–Crippen LogP) is 4.27. The molecule has 0 aliphatic carbocycles. The van der Waals surface area contributed by atoms with E-state index in [4.69, 9.17) is 0 Å². The van der Waals surface area contributed by atoms with Crippen LogP contribution in [0.1, 0.15) is 54.0 Å². The molecule has 0 bridgehead atoms. The van der Waals surface area contributed by atoms with E-state index in [1.54, 1.807) is 11.3 Å². The summed E-state index contributed by atoms with van der Waals surface area (Å²) in [5, 5.41) is 12.4. The van der Waals surface area contributed by atoms with E-state index in [1.807, 2.05) is 17.5 Å². The van der Waals surface area contributed by atoms with Crippen molar-refractivity contribution in [3.8, 4) is 10.6 Å². The monoisotopic (exact) mass is 337 g/mol. The number of hydrogen-bond donors (Lipinski definition) is 2. The number of carbonyl (C=O) groups excluding carboxylic acids is 1. The zero-order chi connectivity index (χ0) is 16.9. The van der Waals surface area contributed by atoms with Crippen molar-refractivity contribution >= 4 is 17.2 Å². The Labute approximate surface area is 144 Å². The van der Waals surface area contributed by atoms with Crippen molar-refractivity contribution < 1.29 is 4.79 Å². The van der Waals surface area contributed by atoms with Gasteiger partial charge in [0, 0.05) is 5.56 Å². The number of thiophene rings is 1. The number of benzene rings is 1. The molecule has 122 valence electrons. The van der Waals surface area contributed by atoms with Crippen LogP contribution in [0, 0.1) is 0 Å². The molecule has 0 fully saturated rings. The van der Waals surface area contributed by atoms with Gasteiger partial charge in [-0.15, -0.1) is 11.3 Å². The van der Waals surface area contributed by atoms with Crippen molar-refractivity contribution in [1.29, 1.82) is 0 Å². The van der Waals surface area contributed by atoms with Crippen LogP contribution in [0.4, 0.5) is 0 Å². The van der Waals surface area contributed by atoms with Crippen LogP contribution in [0.3, 0.4) is 0 Å². The van der Waals surface area contributed by atoms with Crippen LogP contribution in [-0.2, 0) is 5.41 Å². The minimum atomic E-state index is -0.155. The molecule has 2 N–H and O–H groups in total. The maximum Gasteiger partial charge on any atom is 0.272 e. The zero-order valence-electron chi connectivity index (χ0n) is 13.9. The molecule has 1 aliphatic rings. The van der Waals surface area contributed by atoms with Gasteiger partial charge in [-0.3, -0.25) is 9.89 Å². The second-order valence-electron chi connectivity index (χ2n) is 7.12. The number of carbonyl (C=O) groups is 1. The molecule has 4 nitrogen and oxygen atoms in total. The third-order valence-electron chi connectivity index (χ3n) is 4.46. The Morgan fingerprint density at radius 1 is 1.12 bits per heavy atom. The molecule has 0 saturated carbocycles. The van der Waals surface area contributed by atoms with Crippen LogP contribution in [0.15, 0.2) is 41.8 Å². The number of nitrogens with zero attached hydrogens (tertiary/aromatic N) is 1. The van der Waals surface area contributed by atoms with E-state index in [0.29, 0.717) is 5.69 Å². The summed E-state index contributed by atoms with van der Waals surface area (Å²) < 4.78 is 0. The van der Waals surface area contributed by atoms with Crippen LogP contribution in [0.5, 0.6) is 0 Å². The van der Waals surface area contributed by atoms with Crippen LogP contribution in [-0.4, -0.2) is 16.1 Å². The lowest BCUT2D eigenvalue weighted by Gasteiger charge is -2.20. The summed E-state index contributed by atoms with van der Waals surface area (Å²) in [4.78, 5) is 13.4. The second kappa shape index (κ2) is 5.31. The highest BCUT2D eigenvalue weighted by molar-refractivity contribution is 7.13. The van der Waals surface area contributed by atoms with Crippen LogP contribution in [0.2, 0.25) is 0 Å². The molecule has 5 heteroatoms. The lowest BCUT2D eigenvalue weighted by molar-refractivity contribution is 0.0955. The van der Waals surface area contributed by atoms with Crippen molar-refractivity contribution in [3.05, 3.63) is 64.2 Å². The van der Waals surface area contributed by atoms with E-state index >= 15 is 0 Å². The highest BCUT2D eigenvalue weighted by Gasteiger charge is 2.36. The topological polar surface area (TPSA) is 57.8 Å². The van der Waals surface area contributed by atoms with Crippen molar-refractivity contribution in [2.75, 3.05) is 0 Å². The Morgan fingerprint density at radius 3 is 2.50 bits per heavy atom. The minimum Gasteiger partial charge on any atom is -0.340 e. The minimum absolute atomic E-state index is 0.111. The number of amides is 1. The fraction of sp³-hybridized carbons (Fsp3) is 0.263. The van der Waals surface area contributed by atoms with E-state index in [0.717, 1.165) is 21.7 Å². The molecular weight excluding hydrogens is 318 g/mol. The molecule has 1 aliphatic heterocycles. The first-order valence-corrected chi connectivity index (χ1v) is 8.86. The molecule has 4 rings (SSSR count). The molecular formula is C19H19N3OS. The highest BCUT2D eigenvalue weighted by atomic mass is 32.1. The normalized spacial score (nSPS) is 17.0. The first kappa shape index (κ1) is 15.1. The number of rotatable bonds is 2. The van der Waals surface area contributed by atoms with Gasteiger partial charge in [-0.2, -0.15) is 5.10 Å². The van der Waals surface area contributed by atoms with Gasteiger partial charge in [-0.25, -0.2) is 0 Å². The summed E-state index contributed by atoms with van der Waals surface area (Å²) >= 11 is 1.64. The van der Waals surface area contributed by atoms with Gasteiger partial charge in [0.15, 0.2) is 5.69 Å². The summed E-state index contributed by atoms with van der Waals surface area (Å²) in [5.74, 6) is -0.117. The number of fused-ring (bicyclic) bond motifs is 1. The highest BCUT2D eigenvalue weighted by Crippen LogP contribution is 2.38. The van der Waals surface area contributed by atoms with Gasteiger partial charge in [0.05, 0.1) is 16.6 Å². The summed E-state index contributed by atoms with van der Waals surface area (Å²) in [6.45, 7) is 6.59.